The van der Waals surface area contributed by atoms with Crippen molar-refractivity contribution in [2.24, 2.45) is 0 Å². The molecule has 0 aromatic heterocycles. The lowest BCUT2D eigenvalue weighted by Gasteiger charge is -2.10. The zero-order chi connectivity index (χ0) is 43.7. The van der Waals surface area contributed by atoms with Crippen molar-refractivity contribution in [3.8, 4) is 219 Å². The van der Waals surface area contributed by atoms with Crippen LogP contribution in [0.5, 0.6) is 40.2 Å². The molecule has 5 heteroatoms. The Hall–Kier alpha value is -10.9. The summed E-state index contributed by atoms with van der Waals surface area (Å²) in [6.07, 6.45) is 7.49. The molecule has 5 nitrogen and oxygen atoms in total. The van der Waals surface area contributed by atoms with Crippen LogP contribution in [-0.2, 0) is 0 Å². The number of ketones is 1. The van der Waals surface area contributed by atoms with Gasteiger partial charge in [0, 0.05) is 130 Å². The molecule has 0 saturated carbocycles. The molecule has 0 N–H and O–H groups in total. The minimum absolute atomic E-state index is 0.00198. The molecule has 0 unspecified atom stereocenters. The molecule has 0 fully saturated rings. The third kappa shape index (κ3) is 18.7. The fourth-order valence-electron chi connectivity index (χ4n) is 4.08. The fraction of sp³-hybridized carbons (Fsp3) is 0.0351. The van der Waals surface area contributed by atoms with Gasteiger partial charge in [-0.2, -0.15) is 0 Å². The molecule has 280 valence electrons. The highest BCUT2D eigenvalue weighted by molar-refractivity contribution is 5.94. The summed E-state index contributed by atoms with van der Waals surface area (Å²) in [6.45, 7) is 3.44. The number of hydrogen-bond donors (Lipinski definition) is 0. The van der Waals surface area contributed by atoms with Crippen LogP contribution in [0.15, 0.2) is 91.0 Å². The molecule has 0 atom stereocenters. The van der Waals surface area contributed by atoms with E-state index in [1.165, 1.54) is 6.92 Å². The maximum absolute atomic E-state index is 11.5. The maximum atomic E-state index is 11.5. The second kappa shape index (κ2) is 26.9. The van der Waals surface area contributed by atoms with Crippen molar-refractivity contribution in [3.63, 3.8) is 0 Å². The number of carbonyl (C=O) groups excluding carboxylic acids is 1. The number of ether oxygens (including phenoxy) is 4. The van der Waals surface area contributed by atoms with E-state index in [0.717, 1.165) is 5.56 Å². The molecule has 0 aliphatic carbocycles. The number of terminal acetylenes is 1. The number of Topliss-reactive ketones (excluding diaryl/α,β-unsaturated/α-hetero) is 1. The van der Waals surface area contributed by atoms with Crippen LogP contribution in [0.2, 0.25) is 0 Å². The minimum atomic E-state index is 0.00198. The van der Waals surface area contributed by atoms with E-state index in [9.17, 15) is 4.79 Å². The van der Waals surface area contributed by atoms with Crippen molar-refractivity contribution in [1.82, 2.24) is 0 Å². The van der Waals surface area contributed by atoms with E-state index in [1.54, 1.807) is 78.9 Å². The van der Waals surface area contributed by atoms with E-state index in [1.807, 2.05) is 19.1 Å². The Labute approximate surface area is 362 Å². The van der Waals surface area contributed by atoms with E-state index >= 15 is 0 Å². The van der Waals surface area contributed by atoms with Crippen molar-refractivity contribution in [2.75, 3.05) is 0 Å². The van der Waals surface area contributed by atoms with Crippen LogP contribution in [-0.4, -0.2) is 5.78 Å². The smallest absolute Gasteiger partial charge is 0.159 e. The summed E-state index contributed by atoms with van der Waals surface area (Å²) in [5, 5.41) is 0. The summed E-state index contributed by atoms with van der Waals surface area (Å²) >= 11 is 0. The summed E-state index contributed by atoms with van der Waals surface area (Å²) in [4.78, 5) is 11.5. The van der Waals surface area contributed by atoms with Gasteiger partial charge in [0.2, 0.25) is 0 Å². The molecule has 0 radical (unpaired) electrons. The number of benzene rings is 4. The van der Waals surface area contributed by atoms with Gasteiger partial charge in [0.05, 0.1) is 0 Å². The molecule has 4 rings (SSSR count). The van der Waals surface area contributed by atoms with Crippen molar-refractivity contribution < 1.29 is 23.7 Å². The van der Waals surface area contributed by atoms with Crippen LogP contribution in [0.25, 0.3) is 0 Å². The number of hydrogen-bond acceptors (Lipinski definition) is 5. The monoisotopic (exact) mass is 786 g/mol. The molecule has 0 aliphatic heterocycles. The zero-order valence-corrected chi connectivity index (χ0v) is 32.8. The Morgan fingerprint density at radius 2 is 0.645 bits per heavy atom. The van der Waals surface area contributed by atoms with Crippen molar-refractivity contribution in [3.05, 3.63) is 102 Å². The molecule has 0 heterocycles. The lowest BCUT2D eigenvalue weighted by Crippen LogP contribution is -1.91. The maximum Gasteiger partial charge on any atom is 0.159 e. The summed E-state index contributed by atoms with van der Waals surface area (Å²) in [7, 11) is 0. The first-order valence-corrected chi connectivity index (χ1v) is 17.6. The average molecular weight is 787 g/mol. The van der Waals surface area contributed by atoms with Gasteiger partial charge in [-0.25, -0.2) is 0 Å². The van der Waals surface area contributed by atoms with Crippen molar-refractivity contribution in [2.45, 2.75) is 13.8 Å². The van der Waals surface area contributed by atoms with Gasteiger partial charge in [0.25, 0.3) is 0 Å². The lowest BCUT2D eigenvalue weighted by atomic mass is 10.1. The quantitative estimate of drug-likeness (QED) is 0.136. The molecule has 0 bridgehead atoms. The first-order valence-electron chi connectivity index (χ1n) is 17.6. The van der Waals surface area contributed by atoms with Crippen LogP contribution < -0.4 is 18.9 Å². The Kier molecular flexibility index (Phi) is 19.0. The molecular formula is C57H22O5. The first-order chi connectivity index (χ1) is 30.5. The molecule has 0 amide bonds. The molecular weight excluding hydrogens is 765 g/mol. The van der Waals surface area contributed by atoms with Gasteiger partial charge in [-0.1, -0.05) is 0 Å². The first kappa shape index (κ1) is 43.9. The van der Waals surface area contributed by atoms with Gasteiger partial charge in [0.15, 0.2) is 5.78 Å². The molecule has 4 aromatic rings. The van der Waals surface area contributed by atoms with Crippen LogP contribution in [0, 0.1) is 185 Å². The predicted octanol–water partition coefficient (Wildman–Crippen LogP) is 7.59. The molecule has 0 spiro atoms. The van der Waals surface area contributed by atoms with Gasteiger partial charge in [0.1, 0.15) is 46.4 Å². The van der Waals surface area contributed by atoms with Gasteiger partial charge in [-0.3, -0.25) is 4.79 Å². The summed E-state index contributed by atoms with van der Waals surface area (Å²) < 4.78 is 23.4. The highest BCUT2D eigenvalue weighted by atomic mass is 16.5. The Morgan fingerprint density at radius 3 is 0.968 bits per heavy atom. The second-order valence-corrected chi connectivity index (χ2v) is 11.0. The van der Waals surface area contributed by atoms with Gasteiger partial charge < -0.3 is 18.9 Å². The molecule has 4 aromatic carbocycles. The van der Waals surface area contributed by atoms with Gasteiger partial charge in [-0.05, 0) is 152 Å². The SMILES string of the molecule is C#CC#CC#CC#CC#CC#CC#CC#CC#CC#CC#CC#CC#CC#CC#COc1cc(C)cc(Oc2ccc(Oc3ccc(Oc4ccc(C(C)=O)cc4)cc3)cc2)c1. The van der Waals surface area contributed by atoms with E-state index in [2.05, 4.69) is 172 Å². The van der Waals surface area contributed by atoms with Gasteiger partial charge in [-0.15, -0.1) is 6.42 Å². The third-order valence-electron chi connectivity index (χ3n) is 6.56. The highest BCUT2D eigenvalue weighted by Crippen LogP contribution is 2.31. The Balaban J connectivity index is 1.17. The average Bonchev–Trinajstić information content (AvgIpc) is 3.27. The van der Waals surface area contributed by atoms with E-state index in [-0.39, 0.29) is 5.78 Å². The Bertz CT molecular complexity index is 3340. The highest BCUT2D eigenvalue weighted by Gasteiger charge is 2.05. The Morgan fingerprint density at radius 1 is 0.371 bits per heavy atom. The predicted molar refractivity (Wildman–Crippen MR) is 239 cm³/mol. The standard InChI is InChI=1S/C57H22O5/c1-4-5-6-7-8-9-10-11-12-13-14-15-16-17-18-19-20-21-22-23-24-25-26-27-28-29-30-31-44-59-56-45-48(2)46-57(47-56)62-55-42-40-54(41-43-55)61-53-38-36-52(37-39-53)60-51-34-32-50(33-35-51)49(3)58/h1,32-43,45-47H,2-3H3. The molecule has 0 saturated heterocycles. The second-order valence-electron chi connectivity index (χ2n) is 11.0. The van der Waals surface area contributed by atoms with E-state index < -0.39 is 0 Å². The summed E-state index contributed by atoms with van der Waals surface area (Å²) in [5.74, 6) is 74.0. The van der Waals surface area contributed by atoms with E-state index in [4.69, 9.17) is 25.4 Å². The lowest BCUT2D eigenvalue weighted by molar-refractivity contribution is 0.101. The third-order valence-corrected chi connectivity index (χ3v) is 6.56. The van der Waals surface area contributed by atoms with Crippen molar-refractivity contribution in [1.29, 1.82) is 0 Å². The molecule has 62 heavy (non-hydrogen) atoms. The number of aryl methyl sites for hydroxylation is 1. The zero-order valence-electron chi connectivity index (χ0n) is 32.8. The largest absolute Gasteiger partial charge is 0.457 e. The van der Waals surface area contributed by atoms with Gasteiger partial charge >= 0.3 is 0 Å². The van der Waals surface area contributed by atoms with Crippen LogP contribution >= 0.6 is 0 Å². The normalized spacial score (nSPS) is 7.37. The van der Waals surface area contributed by atoms with E-state index in [0.29, 0.717) is 45.8 Å². The van der Waals surface area contributed by atoms with Crippen LogP contribution in [0.1, 0.15) is 22.8 Å². The number of rotatable bonds is 8. The number of carbonyl (C=O) groups is 1. The topological polar surface area (TPSA) is 54.0 Å². The minimum Gasteiger partial charge on any atom is -0.457 e. The molecule has 0 aliphatic rings. The summed E-state index contributed by atoms with van der Waals surface area (Å²) in [5.41, 5.74) is 1.54. The van der Waals surface area contributed by atoms with Crippen LogP contribution in [0.3, 0.4) is 0 Å². The van der Waals surface area contributed by atoms with Crippen LogP contribution in [0.4, 0.5) is 0 Å². The summed E-state index contributed by atoms with van der Waals surface area (Å²) in [6, 6.07) is 26.8. The fourth-order valence-corrected chi connectivity index (χ4v) is 4.08. The van der Waals surface area contributed by atoms with Crippen molar-refractivity contribution >= 4 is 5.78 Å².